The van der Waals surface area contributed by atoms with E-state index in [-0.39, 0.29) is 5.75 Å². The smallest absolute Gasteiger partial charge is 0.178 e. The molecule has 17 heavy (non-hydrogen) atoms. The van der Waals surface area contributed by atoms with Gasteiger partial charge in [-0.1, -0.05) is 19.8 Å². The highest BCUT2D eigenvalue weighted by atomic mass is 32.2. The van der Waals surface area contributed by atoms with Gasteiger partial charge in [0, 0.05) is 12.2 Å². The number of sulfone groups is 1. The van der Waals surface area contributed by atoms with Crippen LogP contribution in [0, 0.1) is 5.92 Å². The zero-order valence-electron chi connectivity index (χ0n) is 10.1. The molecule has 0 radical (unpaired) electrons. The van der Waals surface area contributed by atoms with Crippen LogP contribution in [0.4, 0.5) is 5.69 Å². The maximum Gasteiger partial charge on any atom is 0.178 e. The fourth-order valence-electron chi connectivity index (χ4n) is 1.77. The van der Waals surface area contributed by atoms with Crippen LogP contribution in [0.3, 0.4) is 0 Å². The highest BCUT2D eigenvalue weighted by Crippen LogP contribution is 2.32. The van der Waals surface area contributed by atoms with E-state index < -0.39 is 9.84 Å². The van der Waals surface area contributed by atoms with E-state index in [1.54, 1.807) is 19.1 Å². The summed E-state index contributed by atoms with van der Waals surface area (Å²) in [5.74, 6) is 1.07. The van der Waals surface area contributed by atoms with Crippen molar-refractivity contribution in [1.82, 2.24) is 0 Å². The van der Waals surface area contributed by atoms with E-state index in [1.165, 1.54) is 19.3 Å². The SMILES string of the molecule is CCS(=O)(=O)c1ccc(NCCC2CC2)cc1. The first-order valence-corrected chi connectivity index (χ1v) is 7.84. The number of benzene rings is 1. The lowest BCUT2D eigenvalue weighted by Gasteiger charge is -2.07. The molecule has 0 aromatic heterocycles. The Kier molecular flexibility index (Phi) is 3.72. The first-order valence-electron chi connectivity index (χ1n) is 6.18. The molecule has 0 amide bonds. The molecule has 1 fully saturated rings. The van der Waals surface area contributed by atoms with Crippen LogP contribution >= 0.6 is 0 Å². The van der Waals surface area contributed by atoms with Crippen molar-refractivity contribution in [2.24, 2.45) is 5.92 Å². The topological polar surface area (TPSA) is 46.2 Å². The van der Waals surface area contributed by atoms with Gasteiger partial charge in [0.1, 0.15) is 0 Å². The molecule has 1 N–H and O–H groups in total. The highest BCUT2D eigenvalue weighted by molar-refractivity contribution is 7.91. The summed E-state index contributed by atoms with van der Waals surface area (Å²) >= 11 is 0. The fraction of sp³-hybridized carbons (Fsp3) is 0.538. The minimum Gasteiger partial charge on any atom is -0.385 e. The number of hydrogen-bond donors (Lipinski definition) is 1. The Morgan fingerprint density at radius 3 is 2.41 bits per heavy atom. The van der Waals surface area contributed by atoms with Gasteiger partial charge < -0.3 is 5.32 Å². The third-order valence-corrected chi connectivity index (χ3v) is 4.92. The van der Waals surface area contributed by atoms with Crippen molar-refractivity contribution in [3.8, 4) is 0 Å². The number of nitrogens with one attached hydrogen (secondary N) is 1. The molecular weight excluding hydrogens is 234 g/mol. The van der Waals surface area contributed by atoms with Crippen LogP contribution in [0.25, 0.3) is 0 Å². The largest absolute Gasteiger partial charge is 0.385 e. The van der Waals surface area contributed by atoms with Gasteiger partial charge in [0.15, 0.2) is 9.84 Å². The molecule has 1 saturated carbocycles. The molecule has 0 aliphatic heterocycles. The Labute approximate surface area is 103 Å². The molecule has 4 heteroatoms. The number of hydrogen-bond acceptors (Lipinski definition) is 3. The van der Waals surface area contributed by atoms with E-state index in [2.05, 4.69) is 5.32 Å². The minimum absolute atomic E-state index is 0.154. The molecule has 0 atom stereocenters. The maximum absolute atomic E-state index is 11.6. The maximum atomic E-state index is 11.6. The van der Waals surface area contributed by atoms with Crippen LogP contribution in [0.5, 0.6) is 0 Å². The quantitative estimate of drug-likeness (QED) is 0.848. The van der Waals surface area contributed by atoms with E-state index in [4.69, 9.17) is 0 Å². The lowest BCUT2D eigenvalue weighted by Crippen LogP contribution is -2.05. The summed E-state index contributed by atoms with van der Waals surface area (Å²) in [6.07, 6.45) is 3.96. The summed E-state index contributed by atoms with van der Waals surface area (Å²) in [6.45, 7) is 2.64. The lowest BCUT2D eigenvalue weighted by molar-refractivity contribution is 0.597. The predicted molar refractivity (Wildman–Crippen MR) is 70.0 cm³/mol. The lowest BCUT2D eigenvalue weighted by atomic mass is 10.2. The molecule has 0 heterocycles. The van der Waals surface area contributed by atoms with Crippen molar-refractivity contribution in [3.05, 3.63) is 24.3 Å². The highest BCUT2D eigenvalue weighted by Gasteiger charge is 2.20. The minimum atomic E-state index is -3.07. The third kappa shape index (κ3) is 3.46. The Morgan fingerprint density at radius 1 is 1.24 bits per heavy atom. The second-order valence-electron chi connectivity index (χ2n) is 4.59. The molecule has 0 saturated heterocycles. The molecule has 1 aromatic rings. The number of rotatable bonds is 6. The molecule has 94 valence electrons. The van der Waals surface area contributed by atoms with Crippen molar-refractivity contribution < 1.29 is 8.42 Å². The Bertz CT molecular complexity index is 461. The van der Waals surface area contributed by atoms with E-state index in [0.29, 0.717) is 4.90 Å². The van der Waals surface area contributed by atoms with Crippen molar-refractivity contribution in [2.75, 3.05) is 17.6 Å². The van der Waals surface area contributed by atoms with Crippen LogP contribution in [0.2, 0.25) is 0 Å². The molecule has 2 rings (SSSR count). The monoisotopic (exact) mass is 253 g/mol. The normalized spacial score (nSPS) is 15.8. The van der Waals surface area contributed by atoms with Crippen LogP contribution in [-0.4, -0.2) is 20.7 Å². The standard InChI is InChI=1S/C13H19NO2S/c1-2-17(15,16)13-7-5-12(6-8-13)14-10-9-11-3-4-11/h5-8,11,14H,2-4,9-10H2,1H3. The molecule has 0 unspecified atom stereocenters. The molecule has 3 nitrogen and oxygen atoms in total. The van der Waals surface area contributed by atoms with Crippen LogP contribution in [-0.2, 0) is 9.84 Å². The van der Waals surface area contributed by atoms with Gasteiger partial charge in [0.05, 0.1) is 10.6 Å². The summed E-state index contributed by atoms with van der Waals surface area (Å²) in [4.78, 5) is 0.410. The van der Waals surface area contributed by atoms with E-state index in [0.717, 1.165) is 18.2 Å². The number of anilines is 1. The van der Waals surface area contributed by atoms with Gasteiger partial charge in [0.2, 0.25) is 0 Å². The van der Waals surface area contributed by atoms with Crippen molar-refractivity contribution >= 4 is 15.5 Å². The van der Waals surface area contributed by atoms with Crippen molar-refractivity contribution in [1.29, 1.82) is 0 Å². The van der Waals surface area contributed by atoms with E-state index in [9.17, 15) is 8.42 Å². The molecule has 0 bridgehead atoms. The van der Waals surface area contributed by atoms with Gasteiger partial charge in [-0.3, -0.25) is 0 Å². The molecular formula is C13H19NO2S. The predicted octanol–water partition coefficient (Wildman–Crippen LogP) is 2.69. The average molecular weight is 253 g/mol. The molecule has 1 aromatic carbocycles. The second kappa shape index (κ2) is 5.08. The molecule has 1 aliphatic carbocycles. The zero-order chi connectivity index (χ0) is 12.3. The van der Waals surface area contributed by atoms with Crippen LogP contribution in [0.1, 0.15) is 26.2 Å². The van der Waals surface area contributed by atoms with E-state index in [1.807, 2.05) is 12.1 Å². The first-order chi connectivity index (χ1) is 8.12. The van der Waals surface area contributed by atoms with Crippen LogP contribution in [0.15, 0.2) is 29.2 Å². The first kappa shape index (κ1) is 12.4. The van der Waals surface area contributed by atoms with Gasteiger partial charge in [-0.25, -0.2) is 8.42 Å². The Balaban J connectivity index is 1.92. The molecule has 1 aliphatic rings. The summed E-state index contributed by atoms with van der Waals surface area (Å²) in [7, 11) is -3.07. The van der Waals surface area contributed by atoms with Gasteiger partial charge in [0.25, 0.3) is 0 Å². The summed E-state index contributed by atoms with van der Waals surface area (Å²) in [5, 5.41) is 3.32. The fourth-order valence-corrected chi connectivity index (χ4v) is 2.66. The van der Waals surface area contributed by atoms with Gasteiger partial charge >= 0.3 is 0 Å². The van der Waals surface area contributed by atoms with Crippen molar-refractivity contribution in [3.63, 3.8) is 0 Å². The summed E-state index contributed by atoms with van der Waals surface area (Å²) in [6, 6.07) is 7.04. The molecule has 0 spiro atoms. The van der Waals surface area contributed by atoms with Crippen LogP contribution < -0.4 is 5.32 Å². The van der Waals surface area contributed by atoms with Gasteiger partial charge in [-0.15, -0.1) is 0 Å². The average Bonchev–Trinajstić information content (AvgIpc) is 3.14. The second-order valence-corrected chi connectivity index (χ2v) is 6.86. The van der Waals surface area contributed by atoms with Crippen molar-refractivity contribution in [2.45, 2.75) is 31.1 Å². The Hall–Kier alpha value is -1.03. The van der Waals surface area contributed by atoms with Gasteiger partial charge in [-0.05, 0) is 36.6 Å². The van der Waals surface area contributed by atoms with E-state index >= 15 is 0 Å². The Morgan fingerprint density at radius 2 is 1.88 bits per heavy atom. The van der Waals surface area contributed by atoms with Gasteiger partial charge in [-0.2, -0.15) is 0 Å². The zero-order valence-corrected chi connectivity index (χ0v) is 11.0. The summed E-state index contributed by atoms with van der Waals surface area (Å²) in [5.41, 5.74) is 1.00. The third-order valence-electron chi connectivity index (χ3n) is 3.17. The summed E-state index contributed by atoms with van der Waals surface area (Å²) < 4.78 is 23.2.